The van der Waals surface area contributed by atoms with Crippen LogP contribution in [-0.4, -0.2) is 37.0 Å². The standard InChI is InChI=1S/C19H23N3O/c1-15-4-2-7-18(12-15)21-19(23)17-6-3-5-16(13-17)14-22-10-8-20-9-11-22/h2-7,12-13,20H,8-11,14H2,1H3,(H,21,23). The lowest BCUT2D eigenvalue weighted by Crippen LogP contribution is -2.42. The average molecular weight is 309 g/mol. The van der Waals surface area contributed by atoms with E-state index in [0.717, 1.165) is 44.0 Å². The summed E-state index contributed by atoms with van der Waals surface area (Å²) in [6, 6.07) is 15.8. The van der Waals surface area contributed by atoms with E-state index in [1.54, 1.807) is 0 Å². The quantitative estimate of drug-likeness (QED) is 0.912. The molecule has 0 unspecified atom stereocenters. The molecule has 2 aromatic rings. The summed E-state index contributed by atoms with van der Waals surface area (Å²) in [5.74, 6) is -0.0576. The van der Waals surface area contributed by atoms with Crippen LogP contribution in [-0.2, 0) is 6.54 Å². The maximum atomic E-state index is 12.4. The van der Waals surface area contributed by atoms with Crippen molar-refractivity contribution < 1.29 is 4.79 Å². The van der Waals surface area contributed by atoms with Gasteiger partial charge in [0.25, 0.3) is 5.91 Å². The third-order valence-corrected chi connectivity index (χ3v) is 4.08. The van der Waals surface area contributed by atoms with E-state index in [9.17, 15) is 4.79 Å². The number of amides is 1. The van der Waals surface area contributed by atoms with Crippen molar-refractivity contribution in [3.63, 3.8) is 0 Å². The Morgan fingerprint density at radius 1 is 1.13 bits per heavy atom. The van der Waals surface area contributed by atoms with Crippen LogP contribution in [0.3, 0.4) is 0 Å². The zero-order valence-electron chi connectivity index (χ0n) is 13.5. The molecule has 4 heteroatoms. The van der Waals surface area contributed by atoms with Crippen molar-refractivity contribution in [3.05, 3.63) is 65.2 Å². The van der Waals surface area contributed by atoms with E-state index in [2.05, 4.69) is 21.6 Å². The Hall–Kier alpha value is -2.17. The molecule has 1 aliphatic rings. The van der Waals surface area contributed by atoms with Gasteiger partial charge in [-0.05, 0) is 42.3 Å². The molecule has 3 rings (SSSR count). The van der Waals surface area contributed by atoms with Gasteiger partial charge in [0.05, 0.1) is 0 Å². The van der Waals surface area contributed by atoms with Gasteiger partial charge in [-0.15, -0.1) is 0 Å². The highest BCUT2D eigenvalue weighted by atomic mass is 16.1. The third-order valence-electron chi connectivity index (χ3n) is 4.08. The van der Waals surface area contributed by atoms with Gasteiger partial charge in [0.15, 0.2) is 0 Å². The van der Waals surface area contributed by atoms with Crippen molar-refractivity contribution in [1.29, 1.82) is 0 Å². The minimum Gasteiger partial charge on any atom is -0.322 e. The monoisotopic (exact) mass is 309 g/mol. The average Bonchev–Trinajstić information content (AvgIpc) is 2.56. The summed E-state index contributed by atoms with van der Waals surface area (Å²) < 4.78 is 0. The molecule has 0 bridgehead atoms. The molecular formula is C19H23N3O. The predicted molar refractivity (Wildman–Crippen MR) is 93.7 cm³/mol. The first-order chi connectivity index (χ1) is 11.2. The Balaban J connectivity index is 1.67. The molecule has 23 heavy (non-hydrogen) atoms. The maximum Gasteiger partial charge on any atom is 0.255 e. The van der Waals surface area contributed by atoms with Crippen LogP contribution in [0.5, 0.6) is 0 Å². The Morgan fingerprint density at radius 3 is 2.70 bits per heavy atom. The van der Waals surface area contributed by atoms with Crippen LogP contribution in [0.15, 0.2) is 48.5 Å². The summed E-state index contributed by atoms with van der Waals surface area (Å²) in [6.45, 7) is 7.09. The van der Waals surface area contributed by atoms with E-state index >= 15 is 0 Å². The Morgan fingerprint density at radius 2 is 1.91 bits per heavy atom. The lowest BCUT2D eigenvalue weighted by atomic mass is 10.1. The molecule has 4 nitrogen and oxygen atoms in total. The van der Waals surface area contributed by atoms with Gasteiger partial charge >= 0.3 is 0 Å². The lowest BCUT2D eigenvalue weighted by Gasteiger charge is -2.27. The molecule has 120 valence electrons. The van der Waals surface area contributed by atoms with E-state index in [0.29, 0.717) is 5.56 Å². The van der Waals surface area contributed by atoms with Crippen molar-refractivity contribution in [3.8, 4) is 0 Å². The number of aryl methyl sites for hydroxylation is 1. The van der Waals surface area contributed by atoms with Crippen LogP contribution in [0.2, 0.25) is 0 Å². The fraction of sp³-hybridized carbons (Fsp3) is 0.316. The molecule has 1 aliphatic heterocycles. The Kier molecular flexibility index (Phi) is 5.05. The van der Waals surface area contributed by atoms with Gasteiger partial charge in [-0.3, -0.25) is 9.69 Å². The Labute approximate surface area is 137 Å². The number of hydrogen-bond donors (Lipinski definition) is 2. The van der Waals surface area contributed by atoms with Crippen molar-refractivity contribution in [2.75, 3.05) is 31.5 Å². The van der Waals surface area contributed by atoms with Crippen molar-refractivity contribution in [2.45, 2.75) is 13.5 Å². The van der Waals surface area contributed by atoms with Crippen LogP contribution < -0.4 is 10.6 Å². The second-order valence-corrected chi connectivity index (χ2v) is 6.05. The van der Waals surface area contributed by atoms with Crippen LogP contribution >= 0.6 is 0 Å². The van der Waals surface area contributed by atoms with Gasteiger partial charge in [0.2, 0.25) is 0 Å². The first-order valence-corrected chi connectivity index (χ1v) is 8.11. The molecule has 0 aromatic heterocycles. The minimum absolute atomic E-state index is 0.0576. The zero-order valence-corrected chi connectivity index (χ0v) is 13.5. The van der Waals surface area contributed by atoms with Crippen molar-refractivity contribution in [2.24, 2.45) is 0 Å². The van der Waals surface area contributed by atoms with Crippen LogP contribution in [0.25, 0.3) is 0 Å². The summed E-state index contributed by atoms with van der Waals surface area (Å²) >= 11 is 0. The van der Waals surface area contributed by atoms with Gasteiger partial charge in [0, 0.05) is 44.0 Å². The molecule has 0 radical (unpaired) electrons. The smallest absolute Gasteiger partial charge is 0.255 e. The van der Waals surface area contributed by atoms with Crippen molar-refractivity contribution >= 4 is 11.6 Å². The number of anilines is 1. The van der Waals surface area contributed by atoms with Gasteiger partial charge in [-0.2, -0.15) is 0 Å². The molecule has 1 saturated heterocycles. The molecular weight excluding hydrogens is 286 g/mol. The van der Waals surface area contributed by atoms with Gasteiger partial charge in [-0.25, -0.2) is 0 Å². The van der Waals surface area contributed by atoms with Crippen LogP contribution in [0, 0.1) is 6.92 Å². The van der Waals surface area contributed by atoms with E-state index in [4.69, 9.17) is 0 Å². The molecule has 0 spiro atoms. The summed E-state index contributed by atoms with van der Waals surface area (Å²) in [5, 5.41) is 6.32. The number of nitrogens with zero attached hydrogens (tertiary/aromatic N) is 1. The Bertz CT molecular complexity index is 678. The number of carbonyl (C=O) groups excluding carboxylic acids is 1. The highest BCUT2D eigenvalue weighted by Gasteiger charge is 2.12. The number of carbonyl (C=O) groups is 1. The number of benzene rings is 2. The molecule has 2 N–H and O–H groups in total. The van der Waals surface area contributed by atoms with Crippen LogP contribution in [0.1, 0.15) is 21.5 Å². The number of nitrogens with one attached hydrogen (secondary N) is 2. The van der Waals surface area contributed by atoms with E-state index < -0.39 is 0 Å². The number of piperazine rings is 1. The topological polar surface area (TPSA) is 44.4 Å². The van der Waals surface area contributed by atoms with Gasteiger partial charge in [0.1, 0.15) is 0 Å². The van der Waals surface area contributed by atoms with Crippen LogP contribution in [0.4, 0.5) is 5.69 Å². The highest BCUT2D eigenvalue weighted by Crippen LogP contribution is 2.13. The molecule has 0 aliphatic carbocycles. The zero-order chi connectivity index (χ0) is 16.1. The normalized spacial score (nSPS) is 15.3. The minimum atomic E-state index is -0.0576. The molecule has 1 heterocycles. The summed E-state index contributed by atoms with van der Waals surface area (Å²) in [6.07, 6.45) is 0. The maximum absolute atomic E-state index is 12.4. The fourth-order valence-corrected chi connectivity index (χ4v) is 2.86. The van der Waals surface area contributed by atoms with Gasteiger partial charge < -0.3 is 10.6 Å². The molecule has 0 saturated carbocycles. The van der Waals surface area contributed by atoms with Crippen molar-refractivity contribution in [1.82, 2.24) is 10.2 Å². The number of rotatable bonds is 4. The molecule has 1 fully saturated rings. The first kappa shape index (κ1) is 15.7. The van der Waals surface area contributed by atoms with E-state index in [1.807, 2.05) is 49.4 Å². The first-order valence-electron chi connectivity index (χ1n) is 8.11. The van der Waals surface area contributed by atoms with Gasteiger partial charge in [-0.1, -0.05) is 24.3 Å². The molecule has 2 aromatic carbocycles. The fourth-order valence-electron chi connectivity index (χ4n) is 2.86. The number of hydrogen-bond acceptors (Lipinski definition) is 3. The summed E-state index contributed by atoms with van der Waals surface area (Å²) in [7, 11) is 0. The molecule has 0 atom stereocenters. The lowest BCUT2D eigenvalue weighted by molar-refractivity contribution is 0.102. The second kappa shape index (κ2) is 7.40. The summed E-state index contributed by atoms with van der Waals surface area (Å²) in [5.41, 5.74) is 3.86. The molecule has 1 amide bonds. The SMILES string of the molecule is Cc1cccc(NC(=O)c2cccc(CN3CCNCC3)c2)c1. The predicted octanol–water partition coefficient (Wildman–Crippen LogP) is 2.65. The van der Waals surface area contributed by atoms with E-state index in [-0.39, 0.29) is 5.91 Å². The second-order valence-electron chi connectivity index (χ2n) is 6.05. The summed E-state index contributed by atoms with van der Waals surface area (Å²) in [4.78, 5) is 14.8. The largest absolute Gasteiger partial charge is 0.322 e. The third kappa shape index (κ3) is 4.41. The highest BCUT2D eigenvalue weighted by molar-refractivity contribution is 6.04. The van der Waals surface area contributed by atoms with E-state index in [1.165, 1.54) is 5.56 Å².